The molecular weight excluding hydrogens is 248 g/mol. The second-order valence-corrected chi connectivity index (χ2v) is 6.73. The molecule has 1 spiro atoms. The minimum atomic E-state index is -0.191. The molecule has 2 fully saturated rings. The van der Waals surface area contributed by atoms with Gasteiger partial charge in [0.2, 0.25) is 5.91 Å². The Bertz CT molecular complexity index is 323. The van der Waals surface area contributed by atoms with Gasteiger partial charge < -0.3 is 4.90 Å². The van der Waals surface area contributed by atoms with Crippen molar-refractivity contribution in [1.82, 2.24) is 10.2 Å². The van der Waals surface area contributed by atoms with Crippen LogP contribution in [0.25, 0.3) is 0 Å². The lowest BCUT2D eigenvalue weighted by atomic mass is 9.96. The number of unbranched alkanes of at least 4 members (excludes halogenated alkanes) is 1. The van der Waals surface area contributed by atoms with Gasteiger partial charge in [-0.15, -0.1) is 0 Å². The molecule has 3 heteroatoms. The molecule has 20 heavy (non-hydrogen) atoms. The highest BCUT2D eigenvalue weighted by Crippen LogP contribution is 2.37. The van der Waals surface area contributed by atoms with Crippen molar-refractivity contribution in [2.75, 3.05) is 6.54 Å². The summed E-state index contributed by atoms with van der Waals surface area (Å²) in [6.45, 7) is 7.67. The predicted octanol–water partition coefficient (Wildman–Crippen LogP) is 3.68. The van der Waals surface area contributed by atoms with E-state index in [1.165, 1.54) is 38.5 Å². The van der Waals surface area contributed by atoms with E-state index in [9.17, 15) is 4.79 Å². The van der Waals surface area contributed by atoms with Crippen molar-refractivity contribution in [3.05, 3.63) is 0 Å². The highest BCUT2D eigenvalue weighted by Gasteiger charge is 2.51. The third-order valence-corrected chi connectivity index (χ3v) is 5.33. The Morgan fingerprint density at radius 3 is 2.55 bits per heavy atom. The molecule has 116 valence electrons. The highest BCUT2D eigenvalue weighted by molar-refractivity contribution is 5.89. The topological polar surface area (TPSA) is 32.3 Å². The van der Waals surface area contributed by atoms with Gasteiger partial charge in [0.05, 0.1) is 11.7 Å². The van der Waals surface area contributed by atoms with E-state index in [0.717, 1.165) is 25.8 Å². The number of carbonyl (C=O) groups is 1. The predicted molar refractivity (Wildman–Crippen MR) is 83.4 cm³/mol. The third-order valence-electron chi connectivity index (χ3n) is 5.33. The van der Waals surface area contributed by atoms with E-state index in [1.807, 2.05) is 0 Å². The zero-order valence-electron chi connectivity index (χ0n) is 13.6. The fraction of sp³-hybridized carbons (Fsp3) is 0.941. The number of carbonyl (C=O) groups excluding carboxylic acids is 1. The van der Waals surface area contributed by atoms with Gasteiger partial charge in [-0.3, -0.25) is 10.1 Å². The highest BCUT2D eigenvalue weighted by atomic mass is 16.2. The molecule has 1 aliphatic heterocycles. The average Bonchev–Trinajstić information content (AvgIpc) is 3.04. The Balaban J connectivity index is 2.02. The summed E-state index contributed by atoms with van der Waals surface area (Å²) in [6.07, 6.45) is 10.8. The van der Waals surface area contributed by atoms with Crippen LogP contribution in [0.5, 0.6) is 0 Å². The third kappa shape index (κ3) is 3.03. The summed E-state index contributed by atoms with van der Waals surface area (Å²) >= 11 is 0. The van der Waals surface area contributed by atoms with E-state index in [1.54, 1.807) is 0 Å². The van der Waals surface area contributed by atoms with E-state index in [2.05, 4.69) is 31.0 Å². The van der Waals surface area contributed by atoms with Crippen molar-refractivity contribution in [2.24, 2.45) is 5.92 Å². The van der Waals surface area contributed by atoms with Gasteiger partial charge in [0, 0.05) is 6.54 Å². The van der Waals surface area contributed by atoms with Gasteiger partial charge in [-0.2, -0.15) is 0 Å². The molecule has 1 amide bonds. The first-order valence-corrected chi connectivity index (χ1v) is 8.75. The molecule has 2 unspecified atom stereocenters. The molecule has 1 N–H and O–H groups in total. The normalized spacial score (nSPS) is 26.6. The van der Waals surface area contributed by atoms with Crippen molar-refractivity contribution in [2.45, 2.75) is 90.3 Å². The van der Waals surface area contributed by atoms with Crippen LogP contribution >= 0.6 is 0 Å². The molecule has 1 saturated heterocycles. The summed E-state index contributed by atoms with van der Waals surface area (Å²) in [4.78, 5) is 15.1. The van der Waals surface area contributed by atoms with E-state index in [0.29, 0.717) is 11.8 Å². The minimum absolute atomic E-state index is 0.191. The van der Waals surface area contributed by atoms with Gasteiger partial charge in [0.25, 0.3) is 0 Å². The van der Waals surface area contributed by atoms with Crippen LogP contribution in [0.15, 0.2) is 0 Å². The van der Waals surface area contributed by atoms with Crippen molar-refractivity contribution < 1.29 is 4.79 Å². The maximum absolute atomic E-state index is 12.9. The second-order valence-electron chi connectivity index (χ2n) is 6.73. The fourth-order valence-electron chi connectivity index (χ4n) is 3.94. The number of hydrogen-bond acceptors (Lipinski definition) is 2. The Hall–Kier alpha value is -0.570. The van der Waals surface area contributed by atoms with Gasteiger partial charge in [-0.05, 0) is 31.6 Å². The van der Waals surface area contributed by atoms with Gasteiger partial charge in [-0.1, -0.05) is 52.9 Å². The lowest BCUT2D eigenvalue weighted by molar-refractivity contribution is -0.133. The standard InChI is InChI=1S/C17H32N2O/c1-4-7-10-14(5-2)13-19-15(6-3)18-17(16(19)20)11-8-9-12-17/h14-15,18H,4-13H2,1-3H3. The van der Waals surface area contributed by atoms with E-state index in [-0.39, 0.29) is 11.7 Å². The summed E-state index contributed by atoms with van der Waals surface area (Å²) in [5, 5.41) is 3.68. The fourth-order valence-corrected chi connectivity index (χ4v) is 3.94. The van der Waals surface area contributed by atoms with Crippen LogP contribution in [0, 0.1) is 5.92 Å². The molecule has 0 aromatic rings. The Morgan fingerprint density at radius 2 is 2.00 bits per heavy atom. The first-order chi connectivity index (χ1) is 9.66. The molecule has 0 radical (unpaired) electrons. The van der Waals surface area contributed by atoms with Crippen LogP contribution in [-0.2, 0) is 4.79 Å². The average molecular weight is 280 g/mol. The lowest BCUT2D eigenvalue weighted by Gasteiger charge is -2.28. The maximum atomic E-state index is 12.9. The van der Waals surface area contributed by atoms with Crippen molar-refractivity contribution in [3.63, 3.8) is 0 Å². The number of hydrogen-bond donors (Lipinski definition) is 1. The first kappa shape index (κ1) is 15.8. The molecule has 0 aromatic carbocycles. The molecule has 0 bridgehead atoms. The van der Waals surface area contributed by atoms with Gasteiger partial charge >= 0.3 is 0 Å². The maximum Gasteiger partial charge on any atom is 0.244 e. The van der Waals surface area contributed by atoms with Gasteiger partial charge in [0.15, 0.2) is 0 Å². The van der Waals surface area contributed by atoms with Gasteiger partial charge in [-0.25, -0.2) is 0 Å². The van der Waals surface area contributed by atoms with Crippen LogP contribution in [-0.4, -0.2) is 29.1 Å². The van der Waals surface area contributed by atoms with Crippen LogP contribution in [0.4, 0.5) is 0 Å². The quantitative estimate of drug-likeness (QED) is 0.771. The molecule has 3 nitrogen and oxygen atoms in total. The summed E-state index contributed by atoms with van der Waals surface area (Å²) in [5.41, 5.74) is -0.191. The Kier molecular flexibility index (Phi) is 5.48. The molecule has 1 aliphatic carbocycles. The molecule has 0 aromatic heterocycles. The van der Waals surface area contributed by atoms with Crippen molar-refractivity contribution >= 4 is 5.91 Å². The number of amides is 1. The number of rotatable bonds is 7. The lowest BCUT2D eigenvalue weighted by Crippen LogP contribution is -2.44. The molecule has 2 aliphatic rings. The zero-order chi connectivity index (χ0) is 14.6. The second kappa shape index (κ2) is 6.93. The smallest absolute Gasteiger partial charge is 0.244 e. The van der Waals surface area contributed by atoms with E-state index in [4.69, 9.17) is 0 Å². The van der Waals surface area contributed by atoms with Crippen LogP contribution in [0.3, 0.4) is 0 Å². The van der Waals surface area contributed by atoms with Crippen molar-refractivity contribution in [3.8, 4) is 0 Å². The summed E-state index contributed by atoms with van der Waals surface area (Å²) in [6, 6.07) is 0. The van der Waals surface area contributed by atoms with E-state index < -0.39 is 0 Å². The summed E-state index contributed by atoms with van der Waals surface area (Å²) < 4.78 is 0. The number of nitrogens with one attached hydrogen (secondary N) is 1. The SMILES string of the molecule is CCCCC(CC)CN1C(=O)C2(CCCC2)NC1CC. The Labute approximate surface area is 124 Å². The van der Waals surface area contributed by atoms with Crippen molar-refractivity contribution in [1.29, 1.82) is 0 Å². The molecule has 2 atom stereocenters. The van der Waals surface area contributed by atoms with Gasteiger partial charge in [0.1, 0.15) is 0 Å². The molecule has 1 heterocycles. The minimum Gasteiger partial charge on any atom is -0.325 e. The Morgan fingerprint density at radius 1 is 1.30 bits per heavy atom. The largest absolute Gasteiger partial charge is 0.325 e. The number of nitrogens with zero attached hydrogens (tertiary/aromatic N) is 1. The molecule has 1 saturated carbocycles. The van der Waals surface area contributed by atoms with Crippen LogP contribution in [0.1, 0.15) is 78.6 Å². The van der Waals surface area contributed by atoms with Crippen LogP contribution in [0.2, 0.25) is 0 Å². The summed E-state index contributed by atoms with van der Waals surface area (Å²) in [7, 11) is 0. The van der Waals surface area contributed by atoms with Crippen LogP contribution < -0.4 is 5.32 Å². The monoisotopic (exact) mass is 280 g/mol. The summed E-state index contributed by atoms with van der Waals surface area (Å²) in [5.74, 6) is 1.07. The van der Waals surface area contributed by atoms with E-state index >= 15 is 0 Å². The first-order valence-electron chi connectivity index (χ1n) is 8.75. The molecular formula is C17H32N2O. The zero-order valence-corrected chi connectivity index (χ0v) is 13.6. The molecule has 2 rings (SSSR count).